The third-order valence-corrected chi connectivity index (χ3v) is 2.74. The Balaban J connectivity index is 0.00000361. The second-order valence-electron chi connectivity index (χ2n) is 3.88. The Morgan fingerprint density at radius 2 is 2.05 bits per heavy atom. The number of halogens is 1. The number of sulfonamides is 1. The number of amides is 1. The van der Waals surface area contributed by atoms with E-state index in [-0.39, 0.29) is 31.3 Å². The molecule has 1 aromatic carbocycles. The molecule has 1 amide bonds. The number of methoxy groups -OCH3 is 1. The molecular formula is C11H18ClN3O4S. The maximum Gasteiger partial charge on any atom is 0.229 e. The molecule has 0 bridgehead atoms. The van der Waals surface area contributed by atoms with E-state index in [0.717, 1.165) is 6.26 Å². The van der Waals surface area contributed by atoms with Gasteiger partial charge < -0.3 is 15.8 Å². The Morgan fingerprint density at radius 3 is 2.55 bits per heavy atom. The molecule has 0 radical (unpaired) electrons. The summed E-state index contributed by atoms with van der Waals surface area (Å²) >= 11 is 0. The highest BCUT2D eigenvalue weighted by Crippen LogP contribution is 2.28. The summed E-state index contributed by atoms with van der Waals surface area (Å²) in [5, 5.41) is 2.63. The van der Waals surface area contributed by atoms with E-state index in [1.807, 2.05) is 0 Å². The number of hydrogen-bond donors (Lipinski definition) is 3. The highest BCUT2D eigenvalue weighted by Gasteiger charge is 2.10. The SMILES string of the molecule is COc1cc(NC(=O)CCN)ccc1NS(C)(=O)=O.Cl. The standard InChI is InChI=1S/C11H17N3O4S.ClH/c1-18-10-7-8(13-11(15)5-6-12)3-4-9(10)14-19(2,16)17;/h3-4,7,14H,5-6,12H2,1-2H3,(H,13,15);1H. The molecular weight excluding hydrogens is 306 g/mol. The smallest absolute Gasteiger partial charge is 0.229 e. The van der Waals surface area contributed by atoms with Crippen LogP contribution in [0.1, 0.15) is 6.42 Å². The van der Waals surface area contributed by atoms with Crippen molar-refractivity contribution >= 4 is 39.7 Å². The Bertz CT molecular complexity index is 563. The largest absolute Gasteiger partial charge is 0.494 e. The fraction of sp³-hybridized carbons (Fsp3) is 0.364. The highest BCUT2D eigenvalue weighted by atomic mass is 35.5. The minimum atomic E-state index is -3.39. The maximum atomic E-state index is 11.4. The fourth-order valence-corrected chi connectivity index (χ4v) is 1.98. The number of carbonyl (C=O) groups excluding carboxylic acids is 1. The number of anilines is 2. The van der Waals surface area contributed by atoms with Gasteiger partial charge in [0, 0.05) is 24.7 Å². The van der Waals surface area contributed by atoms with Gasteiger partial charge >= 0.3 is 0 Å². The Kier molecular flexibility index (Phi) is 7.33. The van der Waals surface area contributed by atoms with Crippen LogP contribution in [0.15, 0.2) is 18.2 Å². The van der Waals surface area contributed by atoms with Crippen molar-refractivity contribution in [3.05, 3.63) is 18.2 Å². The van der Waals surface area contributed by atoms with Crippen molar-refractivity contribution in [2.75, 3.05) is 29.9 Å². The van der Waals surface area contributed by atoms with Crippen LogP contribution < -0.4 is 20.5 Å². The monoisotopic (exact) mass is 323 g/mol. The van der Waals surface area contributed by atoms with Gasteiger partial charge in [-0.15, -0.1) is 12.4 Å². The summed E-state index contributed by atoms with van der Waals surface area (Å²) in [6, 6.07) is 4.62. The minimum absolute atomic E-state index is 0. The van der Waals surface area contributed by atoms with Crippen LogP contribution in [0.4, 0.5) is 11.4 Å². The first kappa shape index (κ1) is 18.5. The molecule has 0 aliphatic carbocycles. The molecule has 4 N–H and O–H groups in total. The number of rotatable bonds is 6. The van der Waals surface area contributed by atoms with E-state index in [0.29, 0.717) is 17.1 Å². The summed E-state index contributed by atoms with van der Waals surface area (Å²) in [6.45, 7) is 0.261. The first-order valence-corrected chi connectivity index (χ1v) is 7.40. The van der Waals surface area contributed by atoms with Crippen LogP contribution in [0.25, 0.3) is 0 Å². The molecule has 0 heterocycles. The maximum absolute atomic E-state index is 11.4. The third kappa shape index (κ3) is 6.09. The summed E-state index contributed by atoms with van der Waals surface area (Å²) in [4.78, 5) is 11.4. The predicted octanol–water partition coefficient (Wildman–Crippen LogP) is 0.776. The lowest BCUT2D eigenvalue weighted by atomic mass is 10.2. The molecule has 1 rings (SSSR count). The highest BCUT2D eigenvalue weighted by molar-refractivity contribution is 7.92. The van der Waals surface area contributed by atoms with Crippen LogP contribution in [0.3, 0.4) is 0 Å². The van der Waals surface area contributed by atoms with Crippen molar-refractivity contribution in [2.24, 2.45) is 5.73 Å². The Morgan fingerprint density at radius 1 is 1.40 bits per heavy atom. The van der Waals surface area contributed by atoms with Gasteiger partial charge in [-0.3, -0.25) is 9.52 Å². The van der Waals surface area contributed by atoms with Gasteiger partial charge in [0.15, 0.2) is 0 Å². The van der Waals surface area contributed by atoms with Crippen LogP contribution in [-0.2, 0) is 14.8 Å². The second kappa shape index (κ2) is 7.93. The van der Waals surface area contributed by atoms with Crippen molar-refractivity contribution in [3.8, 4) is 5.75 Å². The zero-order valence-corrected chi connectivity index (χ0v) is 12.8. The van der Waals surface area contributed by atoms with Gasteiger partial charge in [0.2, 0.25) is 15.9 Å². The molecule has 0 fully saturated rings. The number of hydrogen-bond acceptors (Lipinski definition) is 5. The zero-order chi connectivity index (χ0) is 14.5. The van der Waals surface area contributed by atoms with E-state index in [4.69, 9.17) is 10.5 Å². The van der Waals surface area contributed by atoms with E-state index in [9.17, 15) is 13.2 Å². The minimum Gasteiger partial charge on any atom is -0.494 e. The molecule has 114 valence electrons. The second-order valence-corrected chi connectivity index (χ2v) is 5.62. The number of carbonyl (C=O) groups is 1. The van der Waals surface area contributed by atoms with Gasteiger partial charge in [0.05, 0.1) is 19.1 Å². The van der Waals surface area contributed by atoms with Crippen molar-refractivity contribution in [1.29, 1.82) is 0 Å². The lowest BCUT2D eigenvalue weighted by Gasteiger charge is -2.12. The van der Waals surface area contributed by atoms with E-state index in [1.54, 1.807) is 6.07 Å². The van der Waals surface area contributed by atoms with Crippen LogP contribution in [0.2, 0.25) is 0 Å². The van der Waals surface area contributed by atoms with Gasteiger partial charge in [-0.1, -0.05) is 0 Å². The summed E-state index contributed by atoms with van der Waals surface area (Å²) in [7, 11) is -1.98. The molecule has 0 saturated heterocycles. The van der Waals surface area contributed by atoms with Crippen molar-refractivity contribution in [3.63, 3.8) is 0 Å². The molecule has 0 atom stereocenters. The Labute approximate surface area is 124 Å². The van der Waals surface area contributed by atoms with E-state index in [2.05, 4.69) is 10.0 Å². The van der Waals surface area contributed by atoms with Gasteiger partial charge in [0.25, 0.3) is 0 Å². The molecule has 0 aliphatic heterocycles. The van der Waals surface area contributed by atoms with Crippen molar-refractivity contribution in [2.45, 2.75) is 6.42 Å². The summed E-state index contributed by atoms with van der Waals surface area (Å²) < 4.78 is 29.7. The van der Waals surface area contributed by atoms with Gasteiger partial charge in [0.1, 0.15) is 5.75 Å². The van der Waals surface area contributed by atoms with E-state index >= 15 is 0 Å². The van der Waals surface area contributed by atoms with Gasteiger partial charge in [-0.25, -0.2) is 8.42 Å². The molecule has 9 heteroatoms. The van der Waals surface area contributed by atoms with Crippen molar-refractivity contribution < 1.29 is 17.9 Å². The predicted molar refractivity (Wildman–Crippen MR) is 81.0 cm³/mol. The first-order valence-electron chi connectivity index (χ1n) is 5.51. The van der Waals surface area contributed by atoms with Gasteiger partial charge in [-0.2, -0.15) is 0 Å². The molecule has 0 aromatic heterocycles. The normalized spacial score (nSPS) is 10.3. The number of benzene rings is 1. The summed E-state index contributed by atoms with van der Waals surface area (Å²) in [5.41, 5.74) is 6.09. The number of nitrogens with one attached hydrogen (secondary N) is 2. The molecule has 20 heavy (non-hydrogen) atoms. The van der Waals surface area contributed by atoms with Crippen LogP contribution in [-0.4, -0.2) is 34.2 Å². The lowest BCUT2D eigenvalue weighted by molar-refractivity contribution is -0.116. The summed E-state index contributed by atoms with van der Waals surface area (Å²) in [6.07, 6.45) is 1.26. The third-order valence-electron chi connectivity index (χ3n) is 2.15. The number of nitrogens with two attached hydrogens (primary N) is 1. The van der Waals surface area contributed by atoms with E-state index < -0.39 is 10.0 Å². The molecule has 0 spiro atoms. The average Bonchev–Trinajstić information content (AvgIpc) is 2.29. The molecule has 0 aliphatic rings. The van der Waals surface area contributed by atoms with Gasteiger partial charge in [-0.05, 0) is 12.1 Å². The van der Waals surface area contributed by atoms with Crippen molar-refractivity contribution in [1.82, 2.24) is 0 Å². The molecule has 1 aromatic rings. The Hall–Kier alpha value is -1.51. The molecule has 0 saturated carbocycles. The van der Waals surface area contributed by atoms with Crippen LogP contribution in [0.5, 0.6) is 5.75 Å². The number of ether oxygens (including phenoxy) is 1. The zero-order valence-electron chi connectivity index (χ0n) is 11.2. The van der Waals surface area contributed by atoms with E-state index in [1.165, 1.54) is 19.2 Å². The quantitative estimate of drug-likeness (QED) is 0.716. The average molecular weight is 324 g/mol. The lowest BCUT2D eigenvalue weighted by Crippen LogP contribution is -2.16. The molecule has 0 unspecified atom stereocenters. The van der Waals surface area contributed by atoms with Crippen LogP contribution >= 0.6 is 12.4 Å². The fourth-order valence-electron chi connectivity index (χ4n) is 1.41. The topological polar surface area (TPSA) is 111 Å². The summed E-state index contributed by atoms with van der Waals surface area (Å²) in [5.74, 6) is 0.101. The van der Waals surface area contributed by atoms with Crippen LogP contribution in [0, 0.1) is 0 Å². The molecule has 7 nitrogen and oxygen atoms in total. The first-order chi connectivity index (χ1) is 8.85.